The third-order valence-corrected chi connectivity index (χ3v) is 3.64. The van der Waals surface area contributed by atoms with Crippen LogP contribution in [-0.2, 0) is 0 Å². The second-order valence-corrected chi connectivity index (χ2v) is 5.87. The van der Waals surface area contributed by atoms with Gasteiger partial charge in [0.25, 0.3) is 0 Å². The van der Waals surface area contributed by atoms with E-state index in [1.807, 2.05) is 0 Å². The molecule has 0 aromatic heterocycles. The van der Waals surface area contributed by atoms with Crippen LogP contribution >= 0.6 is 12.6 Å². The Balaban J connectivity index is 2.03. The fourth-order valence-electron chi connectivity index (χ4n) is 2.58. The summed E-state index contributed by atoms with van der Waals surface area (Å²) in [6.07, 6.45) is 3.93. The van der Waals surface area contributed by atoms with Crippen molar-refractivity contribution in [3.8, 4) is 0 Å². The molecule has 3 unspecified atom stereocenters. The second-order valence-electron chi connectivity index (χ2n) is 4.79. The van der Waals surface area contributed by atoms with Crippen LogP contribution in [0.15, 0.2) is 0 Å². The molecule has 0 amide bonds. The van der Waals surface area contributed by atoms with Crippen LogP contribution in [0.4, 0.5) is 0 Å². The van der Waals surface area contributed by atoms with Crippen LogP contribution in [0.5, 0.6) is 0 Å². The van der Waals surface area contributed by atoms with Gasteiger partial charge in [-0.2, -0.15) is 12.6 Å². The van der Waals surface area contributed by atoms with Crippen molar-refractivity contribution in [2.75, 3.05) is 19.6 Å². The highest BCUT2D eigenvalue weighted by Gasteiger charge is 2.33. The highest BCUT2D eigenvalue weighted by molar-refractivity contribution is 7.81. The molecular formula is C10H20N2S. The van der Waals surface area contributed by atoms with E-state index in [2.05, 4.69) is 17.6 Å². The Hall–Kier alpha value is 0.270. The van der Waals surface area contributed by atoms with Crippen molar-refractivity contribution in [3.05, 3.63) is 0 Å². The van der Waals surface area contributed by atoms with Gasteiger partial charge in [-0.3, -0.25) is 0 Å². The smallest absolute Gasteiger partial charge is 0.0241 e. The van der Waals surface area contributed by atoms with Crippen LogP contribution in [0.25, 0.3) is 0 Å². The number of rotatable bonds is 0. The van der Waals surface area contributed by atoms with Gasteiger partial charge in [-0.15, -0.1) is 0 Å². The molecule has 0 bridgehead atoms. The molecule has 2 rings (SSSR count). The molecule has 3 atom stereocenters. The maximum absolute atomic E-state index is 4.70. The summed E-state index contributed by atoms with van der Waals surface area (Å²) in [6, 6.07) is 0.700. The minimum absolute atomic E-state index is 0.170. The van der Waals surface area contributed by atoms with Crippen LogP contribution in [0.2, 0.25) is 0 Å². The predicted octanol–water partition coefficient (Wildman–Crippen LogP) is 1.04. The predicted molar refractivity (Wildman–Crippen MR) is 59.4 cm³/mol. The SMILES string of the molecule is CC1(S)CNCC2CCCNC2C1. The van der Waals surface area contributed by atoms with E-state index in [-0.39, 0.29) is 4.75 Å². The van der Waals surface area contributed by atoms with Crippen LogP contribution in [-0.4, -0.2) is 30.4 Å². The first kappa shape index (κ1) is 9.81. The van der Waals surface area contributed by atoms with E-state index in [9.17, 15) is 0 Å². The van der Waals surface area contributed by atoms with Crippen molar-refractivity contribution in [2.24, 2.45) is 5.92 Å². The number of piperidine rings is 1. The summed E-state index contributed by atoms with van der Waals surface area (Å²) in [6.45, 7) is 5.66. The zero-order valence-electron chi connectivity index (χ0n) is 8.34. The van der Waals surface area contributed by atoms with Gasteiger partial charge >= 0.3 is 0 Å². The first-order chi connectivity index (χ1) is 6.17. The minimum Gasteiger partial charge on any atom is -0.315 e. The average Bonchev–Trinajstić information content (AvgIpc) is 2.21. The molecule has 0 aliphatic carbocycles. The summed E-state index contributed by atoms with van der Waals surface area (Å²) in [5.41, 5.74) is 0. The Morgan fingerprint density at radius 3 is 3.15 bits per heavy atom. The standard InChI is InChI=1S/C10H20N2S/c1-10(13)5-9-8(6-11-7-10)3-2-4-12-9/h8-9,11-13H,2-7H2,1H3. The quantitative estimate of drug-likeness (QED) is 0.509. The molecule has 2 heterocycles. The molecule has 0 radical (unpaired) electrons. The summed E-state index contributed by atoms with van der Waals surface area (Å²) >= 11 is 4.70. The first-order valence-electron chi connectivity index (χ1n) is 5.34. The molecule has 3 heteroatoms. The topological polar surface area (TPSA) is 24.1 Å². The van der Waals surface area contributed by atoms with E-state index in [0.717, 1.165) is 12.5 Å². The molecule has 2 aliphatic heterocycles. The Kier molecular flexibility index (Phi) is 2.86. The molecule has 13 heavy (non-hydrogen) atoms. The van der Waals surface area contributed by atoms with E-state index >= 15 is 0 Å². The molecule has 2 aliphatic rings. The third-order valence-electron chi connectivity index (χ3n) is 3.30. The van der Waals surface area contributed by atoms with Gasteiger partial charge in [0.15, 0.2) is 0 Å². The molecule has 2 saturated heterocycles. The molecule has 76 valence electrons. The van der Waals surface area contributed by atoms with Crippen molar-refractivity contribution in [1.29, 1.82) is 0 Å². The van der Waals surface area contributed by atoms with Crippen LogP contribution < -0.4 is 10.6 Å². The van der Waals surface area contributed by atoms with Crippen molar-refractivity contribution in [1.82, 2.24) is 10.6 Å². The van der Waals surface area contributed by atoms with Crippen molar-refractivity contribution in [2.45, 2.75) is 37.0 Å². The van der Waals surface area contributed by atoms with Crippen molar-refractivity contribution in [3.63, 3.8) is 0 Å². The van der Waals surface area contributed by atoms with E-state index in [4.69, 9.17) is 12.6 Å². The lowest BCUT2D eigenvalue weighted by Gasteiger charge is -2.33. The lowest BCUT2D eigenvalue weighted by molar-refractivity contribution is 0.272. The van der Waals surface area contributed by atoms with Gasteiger partial charge in [-0.1, -0.05) is 0 Å². The lowest BCUT2D eigenvalue weighted by atomic mass is 9.87. The molecule has 2 N–H and O–H groups in total. The monoisotopic (exact) mass is 200 g/mol. The molecule has 2 nitrogen and oxygen atoms in total. The maximum Gasteiger partial charge on any atom is 0.0241 e. The lowest BCUT2D eigenvalue weighted by Crippen LogP contribution is -2.44. The van der Waals surface area contributed by atoms with Crippen LogP contribution in [0.3, 0.4) is 0 Å². The van der Waals surface area contributed by atoms with Crippen LogP contribution in [0, 0.1) is 5.92 Å². The normalized spacial score (nSPS) is 46.6. The molecule has 0 aromatic carbocycles. The van der Waals surface area contributed by atoms with Crippen molar-refractivity contribution >= 4 is 12.6 Å². The summed E-state index contributed by atoms with van der Waals surface area (Å²) in [4.78, 5) is 0. The highest BCUT2D eigenvalue weighted by Crippen LogP contribution is 2.29. The third kappa shape index (κ3) is 2.39. The molecule has 0 spiro atoms. The van der Waals surface area contributed by atoms with Gasteiger partial charge in [-0.05, 0) is 45.2 Å². The number of fused-ring (bicyclic) bond motifs is 1. The Bertz CT molecular complexity index is 182. The van der Waals surface area contributed by atoms with Gasteiger partial charge < -0.3 is 10.6 Å². The average molecular weight is 200 g/mol. The minimum atomic E-state index is 0.170. The first-order valence-corrected chi connectivity index (χ1v) is 5.79. The Morgan fingerprint density at radius 1 is 1.46 bits per heavy atom. The number of hydrogen-bond donors (Lipinski definition) is 3. The molecule has 2 fully saturated rings. The highest BCUT2D eigenvalue weighted by atomic mass is 32.1. The van der Waals surface area contributed by atoms with Crippen LogP contribution in [0.1, 0.15) is 26.2 Å². The molecular weight excluding hydrogens is 180 g/mol. The van der Waals surface area contributed by atoms with Crippen molar-refractivity contribution < 1.29 is 0 Å². The van der Waals surface area contributed by atoms with E-state index in [0.29, 0.717) is 6.04 Å². The second kappa shape index (κ2) is 3.79. The fraction of sp³-hybridized carbons (Fsp3) is 1.00. The molecule has 0 saturated carbocycles. The van der Waals surface area contributed by atoms with Gasteiger partial charge in [0, 0.05) is 17.3 Å². The number of hydrogen-bond acceptors (Lipinski definition) is 3. The van der Waals surface area contributed by atoms with Gasteiger partial charge in [-0.25, -0.2) is 0 Å². The fourth-order valence-corrected chi connectivity index (χ4v) is 2.88. The summed E-state index contributed by atoms with van der Waals surface area (Å²) < 4.78 is 0.170. The van der Waals surface area contributed by atoms with E-state index < -0.39 is 0 Å². The summed E-state index contributed by atoms with van der Waals surface area (Å²) in [5, 5.41) is 7.15. The molecule has 0 aromatic rings. The maximum atomic E-state index is 4.70. The van der Waals surface area contributed by atoms with E-state index in [1.165, 1.54) is 32.4 Å². The Labute approximate surface area is 86.3 Å². The van der Waals surface area contributed by atoms with Gasteiger partial charge in [0.2, 0.25) is 0 Å². The van der Waals surface area contributed by atoms with Gasteiger partial charge in [0.05, 0.1) is 0 Å². The number of thiol groups is 1. The van der Waals surface area contributed by atoms with Gasteiger partial charge in [0.1, 0.15) is 0 Å². The zero-order chi connectivity index (χ0) is 9.31. The Morgan fingerprint density at radius 2 is 2.31 bits per heavy atom. The number of nitrogens with one attached hydrogen (secondary N) is 2. The zero-order valence-corrected chi connectivity index (χ0v) is 9.24. The summed E-state index contributed by atoms with van der Waals surface area (Å²) in [7, 11) is 0. The summed E-state index contributed by atoms with van der Waals surface area (Å²) in [5.74, 6) is 0.836. The van der Waals surface area contributed by atoms with E-state index in [1.54, 1.807) is 0 Å². The largest absolute Gasteiger partial charge is 0.315 e.